The van der Waals surface area contributed by atoms with Gasteiger partial charge < -0.3 is 41.9 Å². The average Bonchev–Trinajstić information content (AvgIpc) is 3.67. The zero-order valence-electron chi connectivity index (χ0n) is 25.8. The van der Waals surface area contributed by atoms with Crippen molar-refractivity contribution in [2.24, 2.45) is 5.73 Å². The molecule has 0 aliphatic rings. The Labute approximate surface area is 274 Å². The summed E-state index contributed by atoms with van der Waals surface area (Å²) in [5, 5.41) is 28.1. The summed E-state index contributed by atoms with van der Waals surface area (Å²) in [6.07, 6.45) is 2.74. The highest BCUT2D eigenvalue weighted by molar-refractivity contribution is 5.96. The van der Waals surface area contributed by atoms with E-state index in [0.29, 0.717) is 5.56 Å². The zero-order valence-corrected chi connectivity index (χ0v) is 25.8. The highest BCUT2D eigenvalue weighted by atomic mass is 16.4. The van der Waals surface area contributed by atoms with Crippen LogP contribution in [0.3, 0.4) is 0 Å². The molecule has 13 heteroatoms. The molecule has 0 fully saturated rings. The Balaban J connectivity index is 1.43. The summed E-state index contributed by atoms with van der Waals surface area (Å²) >= 11 is 0. The summed E-state index contributed by atoms with van der Waals surface area (Å²) in [5.41, 5.74) is 10.1. The van der Waals surface area contributed by atoms with Crippen molar-refractivity contribution in [3.63, 3.8) is 0 Å². The van der Waals surface area contributed by atoms with E-state index >= 15 is 0 Å². The second-order valence-corrected chi connectivity index (χ2v) is 11.5. The molecule has 0 aliphatic carbocycles. The van der Waals surface area contributed by atoms with Crippen LogP contribution < -0.4 is 21.7 Å². The number of aliphatic carboxylic acids is 2. The van der Waals surface area contributed by atoms with Gasteiger partial charge in [0, 0.05) is 47.0 Å². The monoisotopic (exact) mass is 652 g/mol. The Bertz CT molecular complexity index is 1940. The molecule has 4 unspecified atom stereocenters. The van der Waals surface area contributed by atoms with E-state index in [4.69, 9.17) is 5.73 Å². The number of carboxylic acid groups (broad SMARTS) is 2. The van der Waals surface area contributed by atoms with Crippen molar-refractivity contribution < 1.29 is 34.2 Å². The number of para-hydroxylation sites is 2. The Kier molecular flexibility index (Phi) is 10.5. The lowest BCUT2D eigenvalue weighted by Crippen LogP contribution is -2.58. The number of aromatic nitrogens is 2. The smallest absolute Gasteiger partial charge is 0.326 e. The van der Waals surface area contributed by atoms with E-state index < -0.39 is 60.2 Å². The number of amides is 3. The molecule has 0 radical (unpaired) electrons. The predicted molar refractivity (Wildman–Crippen MR) is 178 cm³/mol. The molecule has 13 nitrogen and oxygen atoms in total. The first-order valence-corrected chi connectivity index (χ1v) is 15.3. The summed E-state index contributed by atoms with van der Waals surface area (Å²) < 4.78 is 0. The molecule has 5 aromatic rings. The predicted octanol–water partition coefficient (Wildman–Crippen LogP) is 2.02. The molecule has 0 bridgehead atoms. The highest BCUT2D eigenvalue weighted by Crippen LogP contribution is 2.21. The molecule has 3 amide bonds. The van der Waals surface area contributed by atoms with Gasteiger partial charge in [0.05, 0.1) is 12.5 Å². The van der Waals surface area contributed by atoms with Crippen molar-refractivity contribution in [1.82, 2.24) is 25.9 Å². The molecule has 3 aromatic carbocycles. The lowest BCUT2D eigenvalue weighted by atomic mass is 10.0. The summed E-state index contributed by atoms with van der Waals surface area (Å²) in [5.74, 6) is -5.16. The Morgan fingerprint density at radius 1 is 0.604 bits per heavy atom. The van der Waals surface area contributed by atoms with Gasteiger partial charge in [-0.2, -0.15) is 0 Å². The average molecular weight is 653 g/mol. The van der Waals surface area contributed by atoms with Crippen LogP contribution in [0.4, 0.5) is 0 Å². The second-order valence-electron chi connectivity index (χ2n) is 11.5. The van der Waals surface area contributed by atoms with Gasteiger partial charge in [-0.25, -0.2) is 4.79 Å². The summed E-state index contributed by atoms with van der Waals surface area (Å²) in [4.78, 5) is 70.4. The maximum Gasteiger partial charge on any atom is 0.326 e. The number of H-pyrrole nitrogens is 2. The fourth-order valence-electron chi connectivity index (χ4n) is 5.62. The molecular weight excluding hydrogens is 616 g/mol. The van der Waals surface area contributed by atoms with Gasteiger partial charge in [0.25, 0.3) is 0 Å². The minimum absolute atomic E-state index is 0.0395. The number of hydrogen-bond acceptors (Lipinski definition) is 6. The molecule has 9 N–H and O–H groups in total. The number of carboxylic acids is 2. The molecule has 5 rings (SSSR count). The number of benzene rings is 3. The van der Waals surface area contributed by atoms with E-state index in [1.54, 1.807) is 12.4 Å². The van der Waals surface area contributed by atoms with Crippen molar-refractivity contribution >= 4 is 51.5 Å². The molecule has 48 heavy (non-hydrogen) atoms. The van der Waals surface area contributed by atoms with E-state index in [0.717, 1.165) is 32.9 Å². The van der Waals surface area contributed by atoms with Gasteiger partial charge in [-0.05, 0) is 35.2 Å². The van der Waals surface area contributed by atoms with Crippen LogP contribution in [0.15, 0.2) is 91.3 Å². The number of aromatic amines is 2. The largest absolute Gasteiger partial charge is 0.481 e. The Morgan fingerprint density at radius 3 is 1.56 bits per heavy atom. The molecule has 0 spiro atoms. The van der Waals surface area contributed by atoms with Crippen LogP contribution in [0, 0.1) is 0 Å². The molecular formula is C35H36N6O7. The SMILES string of the molecule is NC(Cc1ccccc1)C(=O)NC(Cc1c[nH]c2ccccc12)C(=O)NC(Cc1c[nH]c2ccccc12)C(=O)NC(CC(=O)O)C(=O)O. The number of fused-ring (bicyclic) bond motifs is 2. The Morgan fingerprint density at radius 2 is 1.06 bits per heavy atom. The third kappa shape index (κ3) is 8.25. The zero-order chi connectivity index (χ0) is 34.2. The van der Waals surface area contributed by atoms with Crippen LogP contribution in [0.1, 0.15) is 23.1 Å². The number of hydrogen-bond donors (Lipinski definition) is 8. The van der Waals surface area contributed by atoms with Crippen LogP contribution in [0.5, 0.6) is 0 Å². The van der Waals surface area contributed by atoms with E-state index in [9.17, 15) is 34.2 Å². The molecule has 248 valence electrons. The molecule has 4 atom stereocenters. The highest BCUT2D eigenvalue weighted by Gasteiger charge is 2.32. The van der Waals surface area contributed by atoms with Crippen molar-refractivity contribution in [1.29, 1.82) is 0 Å². The maximum absolute atomic E-state index is 14.1. The molecule has 2 heterocycles. The fraction of sp³-hybridized carbons (Fsp3) is 0.229. The van der Waals surface area contributed by atoms with E-state index in [1.165, 1.54) is 0 Å². The summed E-state index contributed by atoms with van der Waals surface area (Å²) in [6, 6.07) is 18.7. The topological polar surface area (TPSA) is 219 Å². The maximum atomic E-state index is 14.1. The minimum Gasteiger partial charge on any atom is -0.481 e. The number of rotatable bonds is 15. The van der Waals surface area contributed by atoms with Gasteiger partial charge >= 0.3 is 11.9 Å². The standard InChI is InChI=1S/C35H36N6O7/c36-25(14-20-8-2-1-3-9-20)32(44)39-28(15-21-18-37-26-12-6-4-10-23(21)26)33(45)40-29(34(46)41-30(35(47)48)17-31(42)43)16-22-19-38-27-13-7-5-11-24(22)27/h1-13,18-19,25,28-30,37-38H,14-17,36H2,(H,39,44)(H,40,45)(H,41,46)(H,42,43)(H,47,48). The third-order valence-corrected chi connectivity index (χ3v) is 8.09. The normalized spacial score (nSPS) is 13.7. The van der Waals surface area contributed by atoms with E-state index in [1.807, 2.05) is 78.9 Å². The number of carbonyl (C=O) groups is 5. The molecule has 2 aromatic heterocycles. The second kappa shape index (κ2) is 15.1. The van der Waals surface area contributed by atoms with Gasteiger partial charge in [-0.15, -0.1) is 0 Å². The van der Waals surface area contributed by atoms with Crippen LogP contribution in [0.2, 0.25) is 0 Å². The first-order valence-electron chi connectivity index (χ1n) is 15.3. The van der Waals surface area contributed by atoms with Crippen LogP contribution >= 0.6 is 0 Å². The van der Waals surface area contributed by atoms with Crippen LogP contribution in [0.25, 0.3) is 21.8 Å². The van der Waals surface area contributed by atoms with Gasteiger partial charge in [0.15, 0.2) is 0 Å². The van der Waals surface area contributed by atoms with E-state index in [2.05, 4.69) is 25.9 Å². The minimum atomic E-state index is -1.74. The van der Waals surface area contributed by atoms with Crippen molar-refractivity contribution in [2.45, 2.75) is 49.9 Å². The first kappa shape index (κ1) is 33.4. The van der Waals surface area contributed by atoms with Gasteiger partial charge in [0.1, 0.15) is 18.1 Å². The van der Waals surface area contributed by atoms with Crippen molar-refractivity contribution in [2.75, 3.05) is 0 Å². The number of nitrogens with two attached hydrogens (primary N) is 1. The summed E-state index contributed by atoms with van der Waals surface area (Å²) in [7, 11) is 0. The molecule has 0 saturated heterocycles. The number of carbonyl (C=O) groups excluding carboxylic acids is 3. The molecule has 0 saturated carbocycles. The molecule has 0 aliphatic heterocycles. The third-order valence-electron chi connectivity index (χ3n) is 8.09. The van der Waals surface area contributed by atoms with Gasteiger partial charge in [-0.1, -0.05) is 66.7 Å². The van der Waals surface area contributed by atoms with Crippen molar-refractivity contribution in [3.8, 4) is 0 Å². The Hall–Kier alpha value is -5.95. The fourth-order valence-corrected chi connectivity index (χ4v) is 5.62. The number of nitrogens with one attached hydrogen (secondary N) is 5. The quantitative estimate of drug-likeness (QED) is 0.0834. The van der Waals surface area contributed by atoms with Gasteiger partial charge in [0.2, 0.25) is 17.7 Å². The lowest BCUT2D eigenvalue weighted by Gasteiger charge is -2.25. The van der Waals surface area contributed by atoms with Crippen LogP contribution in [-0.4, -0.2) is 74.0 Å². The van der Waals surface area contributed by atoms with E-state index in [-0.39, 0.29) is 19.3 Å². The van der Waals surface area contributed by atoms with Crippen LogP contribution in [-0.2, 0) is 43.2 Å². The summed E-state index contributed by atoms with van der Waals surface area (Å²) in [6.45, 7) is 0. The first-order chi connectivity index (χ1) is 23.1. The van der Waals surface area contributed by atoms with Gasteiger partial charge in [-0.3, -0.25) is 19.2 Å². The lowest BCUT2D eigenvalue weighted by molar-refractivity contribution is -0.147. The van der Waals surface area contributed by atoms with Crippen molar-refractivity contribution in [3.05, 3.63) is 108 Å².